The summed E-state index contributed by atoms with van der Waals surface area (Å²) in [4.78, 5) is 22.6. The molecular formula is C10H11NO3S. The first kappa shape index (κ1) is 11.5. The van der Waals surface area contributed by atoms with Crippen LogP contribution in [0.25, 0.3) is 6.08 Å². The van der Waals surface area contributed by atoms with Gasteiger partial charge in [0.05, 0.1) is 0 Å². The van der Waals surface area contributed by atoms with E-state index in [1.807, 2.05) is 18.4 Å². The Bertz CT molecular complexity index is 420. The molecule has 1 aromatic heterocycles. The molecule has 4 nitrogen and oxygen atoms in total. The van der Waals surface area contributed by atoms with Gasteiger partial charge in [0.15, 0.2) is 0 Å². The van der Waals surface area contributed by atoms with Crippen molar-refractivity contribution in [1.29, 1.82) is 0 Å². The van der Waals surface area contributed by atoms with Crippen LogP contribution >= 0.6 is 11.3 Å². The molecule has 0 atom stereocenters. The van der Waals surface area contributed by atoms with Crippen molar-refractivity contribution in [1.82, 2.24) is 5.32 Å². The molecular weight excluding hydrogens is 214 g/mol. The van der Waals surface area contributed by atoms with Gasteiger partial charge in [0, 0.05) is 11.8 Å². The van der Waals surface area contributed by atoms with Crippen molar-refractivity contribution in [3.05, 3.63) is 27.6 Å². The van der Waals surface area contributed by atoms with Crippen LogP contribution in [0.15, 0.2) is 17.1 Å². The first-order chi connectivity index (χ1) is 7.00. The quantitative estimate of drug-likeness (QED) is 0.768. The third kappa shape index (κ3) is 3.21. The average Bonchev–Trinajstić information content (AvgIpc) is 2.50. The molecule has 1 rings (SSSR count). The molecule has 1 amide bonds. The lowest BCUT2D eigenvalue weighted by molar-refractivity contribution is -0.134. The number of hydrogen-bond acceptors (Lipinski definition) is 3. The zero-order chi connectivity index (χ0) is 11.4. The molecule has 0 saturated carbocycles. The van der Waals surface area contributed by atoms with Gasteiger partial charge in [-0.05, 0) is 30.0 Å². The highest BCUT2D eigenvalue weighted by molar-refractivity contribution is 7.10. The standard InChI is InChI=1S/C10H11NO3S/c1-6-8(3-4-15-6)5-9(10(13)14)11-7(2)12/h3-5H,1-2H3,(H,11,12)(H,13,14)/b9-5+. The largest absolute Gasteiger partial charge is 0.477 e. The minimum atomic E-state index is -1.14. The van der Waals surface area contributed by atoms with E-state index in [9.17, 15) is 9.59 Å². The topological polar surface area (TPSA) is 66.4 Å². The first-order valence-corrected chi connectivity index (χ1v) is 5.15. The fraction of sp³-hybridized carbons (Fsp3) is 0.200. The number of carboxylic acid groups (broad SMARTS) is 1. The first-order valence-electron chi connectivity index (χ1n) is 4.27. The molecule has 0 unspecified atom stereocenters. The van der Waals surface area contributed by atoms with E-state index < -0.39 is 11.9 Å². The zero-order valence-electron chi connectivity index (χ0n) is 8.40. The number of nitrogens with one attached hydrogen (secondary N) is 1. The number of rotatable bonds is 3. The molecule has 15 heavy (non-hydrogen) atoms. The molecule has 80 valence electrons. The van der Waals surface area contributed by atoms with Crippen molar-refractivity contribution < 1.29 is 14.7 Å². The summed E-state index contributed by atoms with van der Waals surface area (Å²) in [6, 6.07) is 1.81. The van der Waals surface area contributed by atoms with E-state index in [1.165, 1.54) is 24.3 Å². The Balaban J connectivity index is 2.99. The lowest BCUT2D eigenvalue weighted by Crippen LogP contribution is -2.24. The Hall–Kier alpha value is -1.62. The van der Waals surface area contributed by atoms with Crippen LogP contribution in [-0.4, -0.2) is 17.0 Å². The monoisotopic (exact) mass is 225 g/mol. The maximum atomic E-state index is 10.8. The van der Waals surface area contributed by atoms with Gasteiger partial charge in [0.2, 0.25) is 5.91 Å². The molecule has 0 aliphatic rings. The molecule has 0 aliphatic carbocycles. The van der Waals surface area contributed by atoms with Gasteiger partial charge in [-0.2, -0.15) is 0 Å². The molecule has 2 N–H and O–H groups in total. The van der Waals surface area contributed by atoms with Crippen LogP contribution in [0.4, 0.5) is 0 Å². The lowest BCUT2D eigenvalue weighted by atomic mass is 10.2. The minimum absolute atomic E-state index is 0.107. The van der Waals surface area contributed by atoms with Crippen molar-refractivity contribution >= 4 is 29.3 Å². The maximum Gasteiger partial charge on any atom is 0.352 e. The van der Waals surface area contributed by atoms with Gasteiger partial charge in [-0.3, -0.25) is 4.79 Å². The summed E-state index contributed by atoms with van der Waals surface area (Å²) in [6.45, 7) is 3.17. The number of aryl methyl sites for hydroxylation is 1. The zero-order valence-corrected chi connectivity index (χ0v) is 9.22. The molecule has 0 fully saturated rings. The number of hydrogen-bond donors (Lipinski definition) is 2. The highest BCUT2D eigenvalue weighted by Gasteiger charge is 2.09. The number of aliphatic carboxylic acids is 1. The molecule has 0 saturated heterocycles. The van der Waals surface area contributed by atoms with Crippen molar-refractivity contribution in [3.63, 3.8) is 0 Å². The second kappa shape index (κ2) is 4.75. The average molecular weight is 225 g/mol. The fourth-order valence-corrected chi connectivity index (χ4v) is 1.72. The highest BCUT2D eigenvalue weighted by atomic mass is 32.1. The number of carboxylic acids is 1. The van der Waals surface area contributed by atoms with E-state index in [2.05, 4.69) is 5.32 Å². The second-order valence-electron chi connectivity index (χ2n) is 2.98. The maximum absolute atomic E-state index is 10.8. The molecule has 1 aromatic rings. The molecule has 0 spiro atoms. The van der Waals surface area contributed by atoms with Gasteiger partial charge in [-0.15, -0.1) is 11.3 Å². The number of amides is 1. The van der Waals surface area contributed by atoms with Gasteiger partial charge in [0.25, 0.3) is 0 Å². The fourth-order valence-electron chi connectivity index (χ4n) is 1.04. The van der Waals surface area contributed by atoms with Crippen molar-refractivity contribution in [2.75, 3.05) is 0 Å². The molecule has 0 aromatic carbocycles. The SMILES string of the molecule is CC(=O)N/C(=C/c1ccsc1C)C(=O)O. The van der Waals surface area contributed by atoms with Crippen LogP contribution < -0.4 is 5.32 Å². The van der Waals surface area contributed by atoms with Crippen LogP contribution in [0.2, 0.25) is 0 Å². The van der Waals surface area contributed by atoms with Crippen LogP contribution in [0.1, 0.15) is 17.4 Å². The molecule has 0 bridgehead atoms. The smallest absolute Gasteiger partial charge is 0.352 e. The highest BCUT2D eigenvalue weighted by Crippen LogP contribution is 2.17. The normalized spacial score (nSPS) is 11.2. The van der Waals surface area contributed by atoms with Crippen LogP contribution in [0.3, 0.4) is 0 Å². The van der Waals surface area contributed by atoms with E-state index >= 15 is 0 Å². The summed E-state index contributed by atoms with van der Waals surface area (Å²) in [5.41, 5.74) is 0.704. The Morgan fingerprint density at radius 3 is 2.60 bits per heavy atom. The van der Waals surface area contributed by atoms with E-state index in [1.54, 1.807) is 0 Å². The number of carbonyl (C=O) groups excluding carboxylic acids is 1. The minimum Gasteiger partial charge on any atom is -0.477 e. The molecule has 0 aliphatic heterocycles. The number of thiophene rings is 1. The molecule has 1 heterocycles. The third-order valence-electron chi connectivity index (χ3n) is 1.74. The van der Waals surface area contributed by atoms with Gasteiger partial charge in [0.1, 0.15) is 5.70 Å². The Morgan fingerprint density at radius 1 is 1.53 bits per heavy atom. The second-order valence-corrected chi connectivity index (χ2v) is 4.10. The predicted molar refractivity (Wildman–Crippen MR) is 58.5 cm³/mol. The molecule has 0 radical (unpaired) electrons. The Kier molecular flexibility index (Phi) is 3.62. The van der Waals surface area contributed by atoms with E-state index in [0.717, 1.165) is 10.4 Å². The summed E-state index contributed by atoms with van der Waals surface area (Å²) in [7, 11) is 0. The summed E-state index contributed by atoms with van der Waals surface area (Å²) >= 11 is 1.53. The summed E-state index contributed by atoms with van der Waals surface area (Å²) in [5, 5.41) is 13.0. The van der Waals surface area contributed by atoms with Crippen LogP contribution in [0, 0.1) is 6.92 Å². The van der Waals surface area contributed by atoms with E-state index in [4.69, 9.17) is 5.11 Å². The van der Waals surface area contributed by atoms with Gasteiger partial charge in [-0.1, -0.05) is 0 Å². The summed E-state index contributed by atoms with van der Waals surface area (Å²) in [5.74, 6) is -1.53. The van der Waals surface area contributed by atoms with Crippen LogP contribution in [-0.2, 0) is 9.59 Å². The predicted octanol–water partition coefficient (Wildman–Crippen LogP) is 1.62. The van der Waals surface area contributed by atoms with Crippen molar-refractivity contribution in [3.8, 4) is 0 Å². The lowest BCUT2D eigenvalue weighted by Gasteiger charge is -2.02. The van der Waals surface area contributed by atoms with Gasteiger partial charge in [-0.25, -0.2) is 4.79 Å². The molecule has 5 heteroatoms. The summed E-state index contributed by atoms with van der Waals surface area (Å²) < 4.78 is 0. The van der Waals surface area contributed by atoms with E-state index in [0.29, 0.717) is 0 Å². The van der Waals surface area contributed by atoms with E-state index in [-0.39, 0.29) is 5.70 Å². The van der Waals surface area contributed by atoms with Gasteiger partial charge >= 0.3 is 5.97 Å². The van der Waals surface area contributed by atoms with Crippen LogP contribution in [0.5, 0.6) is 0 Å². The Labute approximate surface area is 91.2 Å². The number of carbonyl (C=O) groups is 2. The van der Waals surface area contributed by atoms with Crippen molar-refractivity contribution in [2.24, 2.45) is 0 Å². The third-order valence-corrected chi connectivity index (χ3v) is 2.60. The van der Waals surface area contributed by atoms with Gasteiger partial charge < -0.3 is 10.4 Å². The van der Waals surface area contributed by atoms with Crippen molar-refractivity contribution in [2.45, 2.75) is 13.8 Å². The summed E-state index contributed by atoms with van der Waals surface area (Å²) in [6.07, 6.45) is 1.45. The Morgan fingerprint density at radius 2 is 2.20 bits per heavy atom.